The Balaban J connectivity index is 1.65. The monoisotopic (exact) mass is 431 g/mol. The highest BCUT2D eigenvalue weighted by atomic mass is 35.5. The molecule has 1 unspecified atom stereocenters. The summed E-state index contributed by atoms with van der Waals surface area (Å²) in [4.78, 5) is 27.0. The van der Waals surface area contributed by atoms with Crippen LogP contribution in [-0.2, 0) is 4.74 Å². The summed E-state index contributed by atoms with van der Waals surface area (Å²) in [6.45, 7) is 8.20. The van der Waals surface area contributed by atoms with Gasteiger partial charge in [-0.1, -0.05) is 18.5 Å². The first-order chi connectivity index (χ1) is 14.4. The second-order valence-corrected chi connectivity index (χ2v) is 8.31. The molecule has 7 heteroatoms. The molecule has 1 aliphatic rings. The van der Waals surface area contributed by atoms with Gasteiger partial charge in [0.1, 0.15) is 0 Å². The van der Waals surface area contributed by atoms with Crippen molar-refractivity contribution >= 4 is 23.5 Å². The molecular formula is C23H30ClN3O3. The molecule has 1 saturated heterocycles. The van der Waals surface area contributed by atoms with Crippen molar-refractivity contribution in [3.05, 3.63) is 52.3 Å². The number of aryl methyl sites for hydroxylation is 1. The maximum Gasteiger partial charge on any atom is 0.407 e. The molecule has 1 aromatic carbocycles. The number of likely N-dealkylation sites (tertiary alicyclic amines) is 1. The molecule has 0 bridgehead atoms. The summed E-state index contributed by atoms with van der Waals surface area (Å²) in [6.07, 6.45) is 2.27. The van der Waals surface area contributed by atoms with Gasteiger partial charge < -0.3 is 14.6 Å². The summed E-state index contributed by atoms with van der Waals surface area (Å²) >= 11 is 6.01. The largest absolute Gasteiger partial charge is 0.450 e. The maximum atomic E-state index is 13.1. The van der Waals surface area contributed by atoms with Crippen LogP contribution in [0.1, 0.15) is 47.9 Å². The van der Waals surface area contributed by atoms with Crippen LogP contribution in [0.3, 0.4) is 0 Å². The van der Waals surface area contributed by atoms with Gasteiger partial charge in [0.15, 0.2) is 5.78 Å². The molecule has 162 valence electrons. The lowest BCUT2D eigenvalue weighted by molar-refractivity contribution is 0.0893. The minimum atomic E-state index is -0.374. The third-order valence-electron chi connectivity index (χ3n) is 5.45. The Morgan fingerprint density at radius 3 is 2.67 bits per heavy atom. The van der Waals surface area contributed by atoms with Crippen LogP contribution < -0.4 is 5.32 Å². The van der Waals surface area contributed by atoms with Gasteiger partial charge in [-0.05, 0) is 70.0 Å². The van der Waals surface area contributed by atoms with Crippen LogP contribution in [-0.4, -0.2) is 53.6 Å². The molecule has 3 rings (SSSR count). The van der Waals surface area contributed by atoms with E-state index in [9.17, 15) is 9.59 Å². The number of benzene rings is 1. The van der Waals surface area contributed by atoms with Crippen molar-refractivity contribution in [1.29, 1.82) is 0 Å². The van der Waals surface area contributed by atoms with E-state index in [1.54, 1.807) is 0 Å². The normalized spacial score (nSPS) is 17.0. The molecule has 1 N–H and O–H groups in total. The number of nitrogens with zero attached hydrogens (tertiary/aromatic N) is 2. The minimum absolute atomic E-state index is 0.0115. The predicted octanol–water partition coefficient (Wildman–Crippen LogP) is 4.53. The van der Waals surface area contributed by atoms with Crippen molar-refractivity contribution in [2.75, 3.05) is 26.2 Å². The van der Waals surface area contributed by atoms with Gasteiger partial charge in [0, 0.05) is 40.2 Å². The molecule has 2 heterocycles. The highest BCUT2D eigenvalue weighted by Crippen LogP contribution is 2.23. The Labute approximate surface area is 183 Å². The van der Waals surface area contributed by atoms with E-state index in [0.717, 1.165) is 48.4 Å². The van der Waals surface area contributed by atoms with Gasteiger partial charge in [0.25, 0.3) is 0 Å². The summed E-state index contributed by atoms with van der Waals surface area (Å²) in [6, 6.07) is 9.57. The van der Waals surface area contributed by atoms with Gasteiger partial charge in [-0.2, -0.15) is 0 Å². The van der Waals surface area contributed by atoms with Gasteiger partial charge in [0.2, 0.25) is 0 Å². The number of Topliss-reactive ketones (excluding diaryl/α,β-unsaturated/α-hetero) is 1. The molecule has 1 amide bonds. The Kier molecular flexibility index (Phi) is 7.56. The van der Waals surface area contributed by atoms with E-state index in [2.05, 4.69) is 14.8 Å². The van der Waals surface area contributed by atoms with Gasteiger partial charge in [-0.3, -0.25) is 9.69 Å². The van der Waals surface area contributed by atoms with E-state index >= 15 is 0 Å². The van der Waals surface area contributed by atoms with Gasteiger partial charge in [-0.15, -0.1) is 0 Å². The minimum Gasteiger partial charge on any atom is -0.450 e. The molecule has 0 radical (unpaired) electrons. The van der Waals surface area contributed by atoms with Crippen molar-refractivity contribution in [1.82, 2.24) is 14.8 Å². The smallest absolute Gasteiger partial charge is 0.407 e. The molecule has 2 aromatic rings. The van der Waals surface area contributed by atoms with E-state index in [-0.39, 0.29) is 17.9 Å². The number of carbonyl (C=O) groups is 2. The molecule has 6 nitrogen and oxygen atoms in total. The van der Waals surface area contributed by atoms with Crippen LogP contribution in [0.5, 0.6) is 0 Å². The van der Waals surface area contributed by atoms with Crippen LogP contribution in [0.25, 0.3) is 5.69 Å². The zero-order valence-corrected chi connectivity index (χ0v) is 18.7. The lowest BCUT2D eigenvalue weighted by Crippen LogP contribution is -2.49. The SMILES string of the molecule is CCCOC(=O)NC1CCCN(CC(=O)c2cc(C)n(-c3ccc(Cl)cc3)c2C)C1. The molecule has 0 saturated carbocycles. The van der Waals surface area contributed by atoms with Crippen molar-refractivity contribution in [3.63, 3.8) is 0 Å². The number of hydrogen-bond donors (Lipinski definition) is 1. The second-order valence-electron chi connectivity index (χ2n) is 7.87. The van der Waals surface area contributed by atoms with Crippen LogP contribution >= 0.6 is 11.6 Å². The lowest BCUT2D eigenvalue weighted by Gasteiger charge is -2.32. The number of piperidine rings is 1. The fourth-order valence-electron chi connectivity index (χ4n) is 4.04. The quantitative estimate of drug-likeness (QED) is 0.654. The number of rotatable bonds is 7. The Morgan fingerprint density at radius 1 is 1.23 bits per heavy atom. The van der Waals surface area contributed by atoms with Crippen LogP contribution in [0, 0.1) is 13.8 Å². The van der Waals surface area contributed by atoms with Gasteiger partial charge in [0.05, 0.1) is 13.2 Å². The fraction of sp³-hybridized carbons (Fsp3) is 0.478. The Bertz CT molecular complexity index is 892. The number of aromatic nitrogens is 1. The molecular weight excluding hydrogens is 402 g/mol. The molecule has 30 heavy (non-hydrogen) atoms. The maximum absolute atomic E-state index is 13.1. The third-order valence-corrected chi connectivity index (χ3v) is 5.70. The molecule has 1 aromatic heterocycles. The molecule has 1 atom stereocenters. The fourth-order valence-corrected chi connectivity index (χ4v) is 4.17. The molecule has 0 spiro atoms. The van der Waals surface area contributed by atoms with Crippen molar-refractivity contribution in [2.45, 2.75) is 46.1 Å². The second kappa shape index (κ2) is 10.1. The topological polar surface area (TPSA) is 63.6 Å². The zero-order valence-electron chi connectivity index (χ0n) is 17.9. The van der Waals surface area contributed by atoms with Crippen molar-refractivity contribution in [2.24, 2.45) is 0 Å². The Morgan fingerprint density at radius 2 is 1.97 bits per heavy atom. The van der Waals surface area contributed by atoms with Gasteiger partial charge in [-0.25, -0.2) is 4.79 Å². The van der Waals surface area contributed by atoms with E-state index in [1.165, 1.54) is 0 Å². The third kappa shape index (κ3) is 5.43. The molecule has 0 aliphatic carbocycles. The van der Waals surface area contributed by atoms with Gasteiger partial charge >= 0.3 is 6.09 Å². The number of carbonyl (C=O) groups excluding carboxylic acids is 2. The standard InChI is InChI=1S/C23H30ClN3O3/c1-4-12-30-23(29)25-19-6-5-11-26(14-19)15-22(28)21-13-16(2)27(17(21)3)20-9-7-18(24)8-10-20/h7-10,13,19H,4-6,11-12,14-15H2,1-3H3,(H,25,29). The van der Waals surface area contributed by atoms with Crippen molar-refractivity contribution in [3.8, 4) is 5.69 Å². The van der Waals surface area contributed by atoms with Crippen LogP contribution in [0.15, 0.2) is 30.3 Å². The summed E-state index contributed by atoms with van der Waals surface area (Å²) in [5.74, 6) is 0.0949. The number of ketones is 1. The lowest BCUT2D eigenvalue weighted by atomic mass is 10.0. The first kappa shape index (κ1) is 22.4. The zero-order chi connectivity index (χ0) is 21.7. The van der Waals surface area contributed by atoms with E-state index in [1.807, 2.05) is 51.1 Å². The summed E-state index contributed by atoms with van der Waals surface area (Å²) in [5, 5.41) is 3.60. The van der Waals surface area contributed by atoms with E-state index in [0.29, 0.717) is 24.7 Å². The highest BCUT2D eigenvalue weighted by molar-refractivity contribution is 6.30. The number of halogens is 1. The summed E-state index contributed by atoms with van der Waals surface area (Å²) < 4.78 is 7.19. The number of alkyl carbamates (subject to hydrolysis) is 1. The molecule has 1 aliphatic heterocycles. The number of ether oxygens (including phenoxy) is 1. The van der Waals surface area contributed by atoms with Crippen LogP contribution in [0.4, 0.5) is 4.79 Å². The molecule has 1 fully saturated rings. The van der Waals surface area contributed by atoms with Crippen LogP contribution in [0.2, 0.25) is 5.02 Å². The average Bonchev–Trinajstić information content (AvgIpc) is 3.01. The first-order valence-electron chi connectivity index (χ1n) is 10.5. The number of amides is 1. The van der Waals surface area contributed by atoms with E-state index in [4.69, 9.17) is 16.3 Å². The average molecular weight is 432 g/mol. The summed E-state index contributed by atoms with van der Waals surface area (Å²) in [7, 11) is 0. The Hall–Kier alpha value is -2.31. The number of hydrogen-bond acceptors (Lipinski definition) is 4. The van der Waals surface area contributed by atoms with E-state index < -0.39 is 0 Å². The summed E-state index contributed by atoms with van der Waals surface area (Å²) in [5.41, 5.74) is 3.66. The predicted molar refractivity (Wildman–Crippen MR) is 119 cm³/mol. The highest BCUT2D eigenvalue weighted by Gasteiger charge is 2.25. The van der Waals surface area contributed by atoms with Crippen molar-refractivity contribution < 1.29 is 14.3 Å². The number of nitrogens with one attached hydrogen (secondary N) is 1. The first-order valence-corrected chi connectivity index (χ1v) is 10.9.